The fraction of sp³-hybridized carbons (Fsp3) is 0.286. The maximum Gasteiger partial charge on any atom is 0.256 e. The van der Waals surface area contributed by atoms with Gasteiger partial charge in [-0.25, -0.2) is 0 Å². The van der Waals surface area contributed by atoms with Gasteiger partial charge in [0.15, 0.2) is 0 Å². The van der Waals surface area contributed by atoms with Gasteiger partial charge in [0.25, 0.3) is 5.91 Å². The summed E-state index contributed by atoms with van der Waals surface area (Å²) in [4.78, 5) is 29.6. The average molecular weight is 458 g/mol. The van der Waals surface area contributed by atoms with Crippen LogP contribution in [0.3, 0.4) is 0 Å². The van der Waals surface area contributed by atoms with E-state index in [0.717, 1.165) is 30.0 Å². The molecule has 0 aromatic heterocycles. The SMILES string of the molecule is COc1ccc(Nc2ccccc2C(=O)N2CCN(C(=O)CCCc3ccccc3)CC2)cc1. The van der Waals surface area contributed by atoms with E-state index in [2.05, 4.69) is 17.4 Å². The highest BCUT2D eigenvalue weighted by atomic mass is 16.5. The summed E-state index contributed by atoms with van der Waals surface area (Å²) in [5.74, 6) is 0.930. The fourth-order valence-electron chi connectivity index (χ4n) is 4.18. The van der Waals surface area contributed by atoms with Crippen LogP contribution in [0.25, 0.3) is 0 Å². The van der Waals surface area contributed by atoms with Crippen LogP contribution in [0.5, 0.6) is 5.75 Å². The van der Waals surface area contributed by atoms with Crippen molar-refractivity contribution in [2.24, 2.45) is 0 Å². The highest BCUT2D eigenvalue weighted by Gasteiger charge is 2.25. The van der Waals surface area contributed by atoms with Gasteiger partial charge in [-0.3, -0.25) is 9.59 Å². The van der Waals surface area contributed by atoms with Gasteiger partial charge in [-0.2, -0.15) is 0 Å². The van der Waals surface area contributed by atoms with Gasteiger partial charge in [-0.05, 0) is 54.8 Å². The third-order valence-corrected chi connectivity index (χ3v) is 6.15. The summed E-state index contributed by atoms with van der Waals surface area (Å²) in [7, 11) is 1.63. The predicted molar refractivity (Wildman–Crippen MR) is 135 cm³/mol. The number of rotatable bonds is 8. The van der Waals surface area contributed by atoms with Gasteiger partial charge < -0.3 is 19.9 Å². The maximum atomic E-state index is 13.3. The van der Waals surface area contributed by atoms with Crippen molar-refractivity contribution >= 4 is 23.2 Å². The molecule has 176 valence electrons. The zero-order valence-electron chi connectivity index (χ0n) is 19.6. The molecule has 1 N–H and O–H groups in total. The van der Waals surface area contributed by atoms with Crippen molar-refractivity contribution in [3.05, 3.63) is 90.0 Å². The van der Waals surface area contributed by atoms with Crippen LogP contribution in [0, 0.1) is 0 Å². The molecule has 6 heteroatoms. The minimum Gasteiger partial charge on any atom is -0.497 e. The minimum absolute atomic E-state index is 0.0206. The van der Waals surface area contributed by atoms with E-state index >= 15 is 0 Å². The van der Waals surface area contributed by atoms with Gasteiger partial charge in [0, 0.05) is 38.3 Å². The number of benzene rings is 3. The molecule has 1 heterocycles. The second-order valence-electron chi connectivity index (χ2n) is 8.41. The van der Waals surface area contributed by atoms with Gasteiger partial charge in [0.1, 0.15) is 5.75 Å². The topological polar surface area (TPSA) is 61.9 Å². The monoisotopic (exact) mass is 457 g/mol. The molecular formula is C28H31N3O3. The number of methoxy groups -OCH3 is 1. The molecule has 1 aliphatic rings. The molecule has 1 saturated heterocycles. The van der Waals surface area contributed by atoms with Crippen molar-refractivity contribution in [1.29, 1.82) is 0 Å². The molecule has 0 bridgehead atoms. The van der Waals surface area contributed by atoms with E-state index in [1.54, 1.807) is 7.11 Å². The van der Waals surface area contributed by atoms with E-state index in [4.69, 9.17) is 4.74 Å². The number of para-hydroxylation sites is 1. The lowest BCUT2D eigenvalue weighted by molar-refractivity contribution is -0.132. The van der Waals surface area contributed by atoms with Gasteiger partial charge in [0.2, 0.25) is 5.91 Å². The average Bonchev–Trinajstić information content (AvgIpc) is 2.90. The van der Waals surface area contributed by atoms with Gasteiger partial charge in [0.05, 0.1) is 18.4 Å². The molecule has 34 heavy (non-hydrogen) atoms. The number of ether oxygens (including phenoxy) is 1. The predicted octanol–water partition coefficient (Wildman–Crippen LogP) is 4.75. The van der Waals surface area contributed by atoms with Crippen molar-refractivity contribution in [2.75, 3.05) is 38.6 Å². The number of nitrogens with zero attached hydrogens (tertiary/aromatic N) is 2. The number of carbonyl (C=O) groups excluding carboxylic acids is 2. The molecule has 4 rings (SSSR count). The van der Waals surface area contributed by atoms with Crippen molar-refractivity contribution < 1.29 is 14.3 Å². The van der Waals surface area contributed by atoms with E-state index < -0.39 is 0 Å². The summed E-state index contributed by atoms with van der Waals surface area (Å²) in [6, 6.07) is 25.4. The van der Waals surface area contributed by atoms with Crippen LogP contribution in [-0.4, -0.2) is 54.9 Å². The molecule has 6 nitrogen and oxygen atoms in total. The lowest BCUT2D eigenvalue weighted by Crippen LogP contribution is -2.50. The van der Waals surface area contributed by atoms with Crippen LogP contribution in [0.1, 0.15) is 28.8 Å². The Kier molecular flexibility index (Phi) is 7.81. The van der Waals surface area contributed by atoms with Crippen LogP contribution in [0.15, 0.2) is 78.9 Å². The molecule has 0 radical (unpaired) electrons. The summed E-state index contributed by atoms with van der Waals surface area (Å²) >= 11 is 0. The first kappa shape index (κ1) is 23.4. The third-order valence-electron chi connectivity index (χ3n) is 6.15. The first-order valence-electron chi connectivity index (χ1n) is 11.7. The smallest absolute Gasteiger partial charge is 0.256 e. The lowest BCUT2D eigenvalue weighted by atomic mass is 10.1. The number of nitrogens with one attached hydrogen (secondary N) is 1. The van der Waals surface area contributed by atoms with Crippen molar-refractivity contribution in [3.8, 4) is 5.75 Å². The Morgan fingerprint density at radius 3 is 2.18 bits per heavy atom. The third kappa shape index (κ3) is 5.95. The summed E-state index contributed by atoms with van der Waals surface area (Å²) in [5.41, 5.74) is 3.53. The first-order valence-corrected chi connectivity index (χ1v) is 11.7. The van der Waals surface area contributed by atoms with Crippen LogP contribution in [-0.2, 0) is 11.2 Å². The maximum absolute atomic E-state index is 13.3. The molecule has 0 atom stereocenters. The molecule has 3 aromatic rings. The molecule has 1 fully saturated rings. The van der Waals surface area contributed by atoms with Gasteiger partial charge in [-0.15, -0.1) is 0 Å². The standard InChI is InChI=1S/C28H31N3O3/c1-34-24-16-14-23(15-17-24)29-26-12-6-5-11-25(26)28(33)31-20-18-30(19-21-31)27(32)13-7-10-22-8-3-2-4-9-22/h2-6,8-9,11-12,14-17,29H,7,10,13,18-21H2,1H3. The second-order valence-corrected chi connectivity index (χ2v) is 8.41. The van der Waals surface area contributed by atoms with E-state index in [0.29, 0.717) is 38.2 Å². The van der Waals surface area contributed by atoms with Crippen molar-refractivity contribution in [2.45, 2.75) is 19.3 Å². The van der Waals surface area contributed by atoms with Gasteiger partial charge >= 0.3 is 0 Å². The number of piperazine rings is 1. The van der Waals surface area contributed by atoms with Crippen LogP contribution in [0.2, 0.25) is 0 Å². The Morgan fingerprint density at radius 1 is 0.824 bits per heavy atom. The number of hydrogen-bond donors (Lipinski definition) is 1. The summed E-state index contributed by atoms with van der Waals surface area (Å²) < 4.78 is 5.21. The zero-order chi connectivity index (χ0) is 23.8. The first-order chi connectivity index (χ1) is 16.6. The largest absolute Gasteiger partial charge is 0.497 e. The summed E-state index contributed by atoms with van der Waals surface area (Å²) in [6.07, 6.45) is 2.28. The van der Waals surface area contributed by atoms with Crippen LogP contribution < -0.4 is 10.1 Å². The number of hydrogen-bond acceptors (Lipinski definition) is 4. The Morgan fingerprint density at radius 2 is 1.47 bits per heavy atom. The Labute approximate surface area is 201 Å². The minimum atomic E-state index is -0.0206. The number of anilines is 2. The van der Waals surface area contributed by atoms with E-state index in [9.17, 15) is 9.59 Å². The molecule has 0 unspecified atom stereocenters. The highest BCUT2D eigenvalue weighted by molar-refractivity contribution is 6.00. The highest BCUT2D eigenvalue weighted by Crippen LogP contribution is 2.24. The number of carbonyl (C=O) groups is 2. The summed E-state index contributed by atoms with van der Waals surface area (Å²) in [6.45, 7) is 2.23. The molecule has 1 aliphatic heterocycles. The molecule has 0 spiro atoms. The fourth-order valence-corrected chi connectivity index (χ4v) is 4.18. The Balaban J connectivity index is 1.30. The number of aryl methyl sites for hydroxylation is 1. The van der Waals surface area contributed by atoms with Crippen molar-refractivity contribution in [1.82, 2.24) is 9.80 Å². The van der Waals surface area contributed by atoms with Crippen LogP contribution in [0.4, 0.5) is 11.4 Å². The lowest BCUT2D eigenvalue weighted by Gasteiger charge is -2.35. The molecule has 2 amide bonds. The zero-order valence-corrected chi connectivity index (χ0v) is 19.6. The quantitative estimate of drug-likeness (QED) is 0.531. The Bertz CT molecular complexity index is 1090. The van der Waals surface area contributed by atoms with E-state index in [1.165, 1.54) is 5.56 Å². The Hall–Kier alpha value is -3.80. The number of amides is 2. The normalized spacial score (nSPS) is 13.4. The molecule has 0 saturated carbocycles. The van der Waals surface area contributed by atoms with Crippen LogP contribution >= 0.6 is 0 Å². The van der Waals surface area contributed by atoms with E-state index in [-0.39, 0.29) is 11.8 Å². The molecular weight excluding hydrogens is 426 g/mol. The van der Waals surface area contributed by atoms with Crippen molar-refractivity contribution in [3.63, 3.8) is 0 Å². The van der Waals surface area contributed by atoms with E-state index in [1.807, 2.05) is 76.5 Å². The summed E-state index contributed by atoms with van der Waals surface area (Å²) in [5, 5.41) is 3.34. The van der Waals surface area contributed by atoms with Gasteiger partial charge in [-0.1, -0.05) is 42.5 Å². The second kappa shape index (κ2) is 11.4. The molecule has 3 aromatic carbocycles. The molecule has 0 aliphatic carbocycles.